The summed E-state index contributed by atoms with van der Waals surface area (Å²) in [6.45, 7) is 4.03. The molecule has 1 saturated carbocycles. The fraction of sp³-hybridized carbons (Fsp3) is 0.600. The number of hydrogen-bond acceptors (Lipinski definition) is 5. The fourth-order valence-corrected chi connectivity index (χ4v) is 2.22. The average molecular weight is 240 g/mol. The lowest BCUT2D eigenvalue weighted by atomic mass is 10.4. The quantitative estimate of drug-likeness (QED) is 0.744. The number of carbonyl (C=O) groups excluding carboxylic acids is 1. The molecule has 0 saturated heterocycles. The van der Waals surface area contributed by atoms with E-state index < -0.39 is 0 Å². The monoisotopic (exact) mass is 240 g/mol. The molecule has 0 radical (unpaired) electrons. The molecule has 4 N–H and O–H groups in total. The molecule has 0 aliphatic heterocycles. The van der Waals surface area contributed by atoms with E-state index in [2.05, 4.69) is 15.6 Å². The summed E-state index contributed by atoms with van der Waals surface area (Å²) in [6, 6.07) is 0.625. The molecule has 1 aromatic heterocycles. The highest BCUT2D eigenvalue weighted by Gasteiger charge is 2.26. The largest absolute Gasteiger partial charge is 0.382 e. The van der Waals surface area contributed by atoms with E-state index in [9.17, 15) is 4.79 Å². The van der Waals surface area contributed by atoms with Gasteiger partial charge in [-0.05, 0) is 26.7 Å². The van der Waals surface area contributed by atoms with Gasteiger partial charge in [0.15, 0.2) is 5.13 Å². The predicted molar refractivity (Wildman–Crippen MR) is 65.8 cm³/mol. The first-order chi connectivity index (χ1) is 7.56. The molecule has 88 valence electrons. The molecule has 0 unspecified atom stereocenters. The van der Waals surface area contributed by atoms with Crippen molar-refractivity contribution in [3.05, 3.63) is 4.88 Å². The molecular weight excluding hydrogens is 224 g/mol. The van der Waals surface area contributed by atoms with Crippen molar-refractivity contribution in [3.8, 4) is 0 Å². The van der Waals surface area contributed by atoms with E-state index in [4.69, 9.17) is 5.73 Å². The first kappa shape index (κ1) is 11.2. The van der Waals surface area contributed by atoms with Crippen LogP contribution in [-0.2, 0) is 0 Å². The van der Waals surface area contributed by atoms with Crippen molar-refractivity contribution >= 4 is 28.2 Å². The number of anilines is 2. The molecule has 0 atom stereocenters. The molecule has 0 spiro atoms. The van der Waals surface area contributed by atoms with Crippen LogP contribution in [0.5, 0.6) is 0 Å². The Morgan fingerprint density at radius 1 is 1.56 bits per heavy atom. The third-order valence-corrected chi connectivity index (χ3v) is 3.19. The van der Waals surface area contributed by atoms with Crippen LogP contribution >= 0.6 is 11.3 Å². The number of nitrogens with two attached hydrogens (primary N) is 1. The van der Waals surface area contributed by atoms with Gasteiger partial charge >= 0.3 is 0 Å². The lowest BCUT2D eigenvalue weighted by molar-refractivity contribution is 0.0956. The molecular formula is C10H16N4OS. The molecule has 16 heavy (non-hydrogen) atoms. The van der Waals surface area contributed by atoms with Crippen LogP contribution in [0.2, 0.25) is 0 Å². The SMILES string of the molecule is CC(C)Nc1nc(N)c(C(=O)NC2CC2)s1. The molecule has 1 fully saturated rings. The second-order valence-corrected chi connectivity index (χ2v) is 5.28. The summed E-state index contributed by atoms with van der Waals surface area (Å²) in [5.41, 5.74) is 5.71. The lowest BCUT2D eigenvalue weighted by Gasteiger charge is -2.04. The zero-order valence-electron chi connectivity index (χ0n) is 9.41. The van der Waals surface area contributed by atoms with Crippen molar-refractivity contribution in [2.75, 3.05) is 11.1 Å². The second kappa shape index (κ2) is 4.29. The number of aromatic nitrogens is 1. The van der Waals surface area contributed by atoms with Gasteiger partial charge in [0.25, 0.3) is 5.91 Å². The lowest BCUT2D eigenvalue weighted by Crippen LogP contribution is -2.25. The van der Waals surface area contributed by atoms with Crippen molar-refractivity contribution in [2.24, 2.45) is 0 Å². The second-order valence-electron chi connectivity index (χ2n) is 4.28. The summed E-state index contributed by atoms with van der Waals surface area (Å²) in [6.07, 6.45) is 2.14. The maximum atomic E-state index is 11.8. The van der Waals surface area contributed by atoms with Crippen LogP contribution in [0.25, 0.3) is 0 Å². The number of amides is 1. The number of nitrogens with one attached hydrogen (secondary N) is 2. The Hall–Kier alpha value is -1.30. The Morgan fingerprint density at radius 2 is 2.25 bits per heavy atom. The van der Waals surface area contributed by atoms with Crippen molar-refractivity contribution < 1.29 is 4.79 Å². The zero-order valence-corrected chi connectivity index (χ0v) is 10.2. The summed E-state index contributed by atoms with van der Waals surface area (Å²) >= 11 is 1.31. The average Bonchev–Trinajstić information content (AvgIpc) is 2.89. The first-order valence-corrected chi connectivity index (χ1v) is 6.21. The minimum Gasteiger partial charge on any atom is -0.382 e. The van der Waals surface area contributed by atoms with Gasteiger partial charge in [0.1, 0.15) is 10.7 Å². The van der Waals surface area contributed by atoms with Gasteiger partial charge in [0.05, 0.1) is 0 Å². The third kappa shape index (κ3) is 2.63. The number of nitrogen functional groups attached to an aromatic ring is 1. The minimum atomic E-state index is -0.102. The highest BCUT2D eigenvalue weighted by Crippen LogP contribution is 2.27. The van der Waals surface area contributed by atoms with Crippen LogP contribution < -0.4 is 16.4 Å². The Morgan fingerprint density at radius 3 is 2.81 bits per heavy atom. The maximum Gasteiger partial charge on any atom is 0.265 e. The van der Waals surface area contributed by atoms with Gasteiger partial charge in [-0.25, -0.2) is 4.98 Å². The summed E-state index contributed by atoms with van der Waals surface area (Å²) in [4.78, 5) is 16.4. The van der Waals surface area contributed by atoms with E-state index in [1.807, 2.05) is 13.8 Å². The van der Waals surface area contributed by atoms with Gasteiger partial charge in [0, 0.05) is 12.1 Å². The fourth-order valence-electron chi connectivity index (χ4n) is 1.28. The molecule has 6 heteroatoms. The summed E-state index contributed by atoms with van der Waals surface area (Å²) < 4.78 is 0. The minimum absolute atomic E-state index is 0.102. The van der Waals surface area contributed by atoms with Crippen LogP contribution in [0.15, 0.2) is 0 Å². The summed E-state index contributed by atoms with van der Waals surface area (Å²) in [5, 5.41) is 6.74. The van der Waals surface area contributed by atoms with E-state index >= 15 is 0 Å². The topological polar surface area (TPSA) is 80.0 Å². The molecule has 1 heterocycles. The highest BCUT2D eigenvalue weighted by atomic mass is 32.1. The van der Waals surface area contributed by atoms with Crippen LogP contribution in [0.4, 0.5) is 10.9 Å². The van der Waals surface area contributed by atoms with E-state index in [-0.39, 0.29) is 11.9 Å². The van der Waals surface area contributed by atoms with E-state index in [1.54, 1.807) is 0 Å². The number of nitrogens with zero attached hydrogens (tertiary/aromatic N) is 1. The highest BCUT2D eigenvalue weighted by molar-refractivity contribution is 7.18. The van der Waals surface area contributed by atoms with E-state index in [0.717, 1.165) is 12.8 Å². The van der Waals surface area contributed by atoms with Gasteiger partial charge in [-0.15, -0.1) is 0 Å². The number of rotatable bonds is 4. The Balaban J connectivity index is 2.07. The van der Waals surface area contributed by atoms with Crippen LogP contribution in [0.1, 0.15) is 36.4 Å². The molecule has 2 rings (SSSR count). The van der Waals surface area contributed by atoms with E-state index in [1.165, 1.54) is 11.3 Å². The van der Waals surface area contributed by atoms with Crippen molar-refractivity contribution in [1.29, 1.82) is 0 Å². The molecule has 0 bridgehead atoms. The predicted octanol–water partition coefficient (Wildman–Crippen LogP) is 1.44. The number of hydrogen-bond donors (Lipinski definition) is 3. The Labute approximate surface area is 98.4 Å². The molecule has 0 aromatic carbocycles. The first-order valence-electron chi connectivity index (χ1n) is 5.40. The van der Waals surface area contributed by atoms with Gasteiger partial charge in [-0.1, -0.05) is 11.3 Å². The van der Waals surface area contributed by atoms with Crippen LogP contribution in [0.3, 0.4) is 0 Å². The van der Waals surface area contributed by atoms with Crippen molar-refractivity contribution in [3.63, 3.8) is 0 Å². The molecule has 1 aromatic rings. The smallest absolute Gasteiger partial charge is 0.265 e. The van der Waals surface area contributed by atoms with Gasteiger partial charge < -0.3 is 16.4 Å². The molecule has 1 aliphatic rings. The molecule has 1 aliphatic carbocycles. The van der Waals surface area contributed by atoms with Crippen LogP contribution in [-0.4, -0.2) is 23.0 Å². The van der Waals surface area contributed by atoms with Gasteiger partial charge in [0.2, 0.25) is 0 Å². The molecule has 5 nitrogen and oxygen atoms in total. The standard InChI is InChI=1S/C10H16N4OS/c1-5(2)12-10-14-8(11)7(16-10)9(15)13-6-3-4-6/h5-6H,3-4,11H2,1-2H3,(H,12,14)(H,13,15). The number of carbonyl (C=O) groups is 1. The zero-order chi connectivity index (χ0) is 11.7. The molecule has 1 amide bonds. The number of thiazole rings is 1. The van der Waals surface area contributed by atoms with Crippen molar-refractivity contribution in [1.82, 2.24) is 10.3 Å². The van der Waals surface area contributed by atoms with E-state index in [0.29, 0.717) is 21.9 Å². The maximum absolute atomic E-state index is 11.8. The third-order valence-electron chi connectivity index (χ3n) is 2.18. The van der Waals surface area contributed by atoms with Crippen molar-refractivity contribution in [2.45, 2.75) is 38.8 Å². The van der Waals surface area contributed by atoms with Gasteiger partial charge in [-0.3, -0.25) is 4.79 Å². The summed E-state index contributed by atoms with van der Waals surface area (Å²) in [7, 11) is 0. The summed E-state index contributed by atoms with van der Waals surface area (Å²) in [5.74, 6) is 0.209. The van der Waals surface area contributed by atoms with Gasteiger partial charge in [-0.2, -0.15) is 0 Å². The Bertz CT molecular complexity index is 398. The van der Waals surface area contributed by atoms with Crippen LogP contribution in [0, 0.1) is 0 Å². The normalized spacial score (nSPS) is 15.2. The Kier molecular flexibility index (Phi) is 3.00.